The summed E-state index contributed by atoms with van der Waals surface area (Å²) in [6.45, 7) is 1.34. The lowest BCUT2D eigenvalue weighted by Gasteiger charge is -2.07. The van der Waals surface area contributed by atoms with Crippen molar-refractivity contribution < 1.29 is 18.7 Å². The van der Waals surface area contributed by atoms with Crippen molar-refractivity contribution in [2.45, 2.75) is 13.5 Å². The molecule has 0 N–H and O–H groups in total. The van der Waals surface area contributed by atoms with Crippen molar-refractivity contribution in [2.24, 2.45) is 0 Å². The lowest BCUT2D eigenvalue weighted by molar-refractivity contribution is -0.148. The zero-order chi connectivity index (χ0) is 14.5. The van der Waals surface area contributed by atoms with Gasteiger partial charge in [-0.25, -0.2) is 4.79 Å². The fourth-order valence-electron chi connectivity index (χ4n) is 1.31. The Morgan fingerprint density at radius 1 is 1.45 bits per heavy atom. The van der Waals surface area contributed by atoms with Gasteiger partial charge in [0, 0.05) is 11.9 Å². The van der Waals surface area contributed by atoms with Crippen LogP contribution in [0.5, 0.6) is 5.75 Å². The van der Waals surface area contributed by atoms with Gasteiger partial charge in [-0.15, -0.1) is 10.2 Å². The molecule has 2 aromatic rings. The quantitative estimate of drug-likeness (QED) is 0.762. The van der Waals surface area contributed by atoms with Gasteiger partial charge in [0.1, 0.15) is 5.75 Å². The van der Waals surface area contributed by atoms with Crippen LogP contribution in [-0.4, -0.2) is 22.8 Å². The average molecular weight is 362 g/mol. The second-order valence-corrected chi connectivity index (χ2v) is 5.03. The Hall–Kier alpha value is -1.60. The maximum absolute atomic E-state index is 11.5. The van der Waals surface area contributed by atoms with Crippen molar-refractivity contribution in [2.75, 3.05) is 6.61 Å². The standard InChI is InChI=1S/C12H10BrClN2O4/c1-7-15-16-11(20-7)5-19-12(17)6-18-10-3-2-8(14)4-9(10)13/h2-4H,5-6H2,1H3. The van der Waals surface area contributed by atoms with Crippen LogP contribution in [0.4, 0.5) is 0 Å². The molecule has 0 saturated heterocycles. The zero-order valence-electron chi connectivity index (χ0n) is 10.4. The van der Waals surface area contributed by atoms with E-state index in [2.05, 4.69) is 26.1 Å². The molecule has 0 atom stereocenters. The largest absolute Gasteiger partial charge is 0.481 e. The van der Waals surface area contributed by atoms with E-state index in [0.29, 0.717) is 21.1 Å². The van der Waals surface area contributed by atoms with Crippen LogP contribution in [-0.2, 0) is 16.1 Å². The van der Waals surface area contributed by atoms with Gasteiger partial charge in [-0.05, 0) is 34.1 Å². The number of benzene rings is 1. The van der Waals surface area contributed by atoms with Crippen molar-refractivity contribution in [3.8, 4) is 5.75 Å². The molecule has 2 rings (SSSR count). The Labute approximate surface area is 128 Å². The average Bonchev–Trinajstić information content (AvgIpc) is 2.81. The predicted molar refractivity (Wildman–Crippen MR) is 73.5 cm³/mol. The highest BCUT2D eigenvalue weighted by Gasteiger charge is 2.10. The van der Waals surface area contributed by atoms with E-state index in [0.717, 1.165) is 0 Å². The Morgan fingerprint density at radius 2 is 2.25 bits per heavy atom. The molecule has 0 amide bonds. The fraction of sp³-hybridized carbons (Fsp3) is 0.250. The molecule has 0 radical (unpaired) electrons. The number of carbonyl (C=O) groups excluding carboxylic acids is 1. The van der Waals surface area contributed by atoms with Gasteiger partial charge in [0.05, 0.1) is 4.47 Å². The number of nitrogens with zero attached hydrogens (tertiary/aromatic N) is 2. The van der Waals surface area contributed by atoms with E-state index in [1.54, 1.807) is 25.1 Å². The van der Waals surface area contributed by atoms with Crippen molar-refractivity contribution in [1.29, 1.82) is 0 Å². The molecule has 1 aromatic heterocycles. The van der Waals surface area contributed by atoms with Crippen molar-refractivity contribution in [3.63, 3.8) is 0 Å². The zero-order valence-corrected chi connectivity index (χ0v) is 12.8. The maximum atomic E-state index is 11.5. The molecule has 0 aliphatic heterocycles. The highest BCUT2D eigenvalue weighted by molar-refractivity contribution is 9.10. The smallest absolute Gasteiger partial charge is 0.344 e. The highest BCUT2D eigenvalue weighted by atomic mass is 79.9. The van der Waals surface area contributed by atoms with Crippen LogP contribution >= 0.6 is 27.5 Å². The van der Waals surface area contributed by atoms with Crippen LogP contribution in [0, 0.1) is 6.92 Å². The third kappa shape index (κ3) is 4.21. The summed E-state index contributed by atoms with van der Waals surface area (Å²) in [5.74, 6) is 0.614. The molecule has 0 fully saturated rings. The van der Waals surface area contributed by atoms with E-state index in [9.17, 15) is 4.79 Å². The van der Waals surface area contributed by atoms with Crippen LogP contribution in [0.2, 0.25) is 5.02 Å². The molecule has 0 unspecified atom stereocenters. The second kappa shape index (κ2) is 6.71. The molecule has 1 heterocycles. The predicted octanol–water partition coefficient (Wildman–Crippen LogP) is 2.92. The first kappa shape index (κ1) is 14.8. The molecule has 1 aromatic carbocycles. The van der Waals surface area contributed by atoms with E-state index in [4.69, 9.17) is 25.5 Å². The van der Waals surface area contributed by atoms with Crippen molar-refractivity contribution in [3.05, 3.63) is 39.5 Å². The first-order chi connectivity index (χ1) is 9.54. The Balaban J connectivity index is 1.80. The SMILES string of the molecule is Cc1nnc(COC(=O)COc2ccc(Cl)cc2Br)o1. The number of esters is 1. The normalized spacial score (nSPS) is 10.3. The minimum atomic E-state index is -0.539. The Kier molecular flexibility index (Phi) is 4.97. The van der Waals surface area contributed by atoms with E-state index in [1.807, 2.05) is 0 Å². The molecule has 0 bridgehead atoms. The lowest BCUT2D eigenvalue weighted by atomic mass is 10.3. The van der Waals surface area contributed by atoms with Crippen molar-refractivity contribution in [1.82, 2.24) is 10.2 Å². The number of aromatic nitrogens is 2. The van der Waals surface area contributed by atoms with Gasteiger partial charge < -0.3 is 13.9 Å². The number of halogens is 2. The van der Waals surface area contributed by atoms with E-state index in [1.165, 1.54) is 0 Å². The number of carbonyl (C=O) groups is 1. The summed E-state index contributed by atoms with van der Waals surface area (Å²) in [5, 5.41) is 7.89. The highest BCUT2D eigenvalue weighted by Crippen LogP contribution is 2.27. The van der Waals surface area contributed by atoms with Crippen LogP contribution in [0.25, 0.3) is 0 Å². The molecule has 0 aliphatic rings. The van der Waals surface area contributed by atoms with Gasteiger partial charge in [-0.1, -0.05) is 11.6 Å². The minimum Gasteiger partial charge on any atom is -0.481 e. The summed E-state index contributed by atoms with van der Waals surface area (Å²) < 4.78 is 15.9. The molecule has 8 heteroatoms. The summed E-state index contributed by atoms with van der Waals surface area (Å²) in [6.07, 6.45) is 0. The first-order valence-electron chi connectivity index (χ1n) is 5.57. The second-order valence-electron chi connectivity index (χ2n) is 3.74. The number of aryl methyl sites for hydroxylation is 1. The van der Waals surface area contributed by atoms with E-state index >= 15 is 0 Å². The van der Waals surface area contributed by atoms with Crippen LogP contribution in [0.15, 0.2) is 27.1 Å². The van der Waals surface area contributed by atoms with Crippen LogP contribution in [0.1, 0.15) is 11.8 Å². The summed E-state index contributed by atoms with van der Waals surface area (Å²) in [5.41, 5.74) is 0. The van der Waals surface area contributed by atoms with E-state index in [-0.39, 0.29) is 19.1 Å². The van der Waals surface area contributed by atoms with Crippen LogP contribution in [0.3, 0.4) is 0 Å². The number of ether oxygens (including phenoxy) is 2. The molecule has 0 aliphatic carbocycles. The molecule has 0 saturated carbocycles. The van der Waals surface area contributed by atoms with Gasteiger partial charge in [-0.2, -0.15) is 0 Å². The summed E-state index contributed by atoms with van der Waals surface area (Å²) in [4.78, 5) is 11.5. The molecule has 0 spiro atoms. The lowest BCUT2D eigenvalue weighted by Crippen LogP contribution is -2.15. The monoisotopic (exact) mass is 360 g/mol. The summed E-state index contributed by atoms with van der Waals surface area (Å²) in [7, 11) is 0. The number of hydrogen-bond acceptors (Lipinski definition) is 6. The maximum Gasteiger partial charge on any atom is 0.344 e. The molecule has 6 nitrogen and oxygen atoms in total. The van der Waals surface area contributed by atoms with E-state index < -0.39 is 5.97 Å². The Morgan fingerprint density at radius 3 is 2.90 bits per heavy atom. The fourth-order valence-corrected chi connectivity index (χ4v) is 2.11. The third-order valence-electron chi connectivity index (χ3n) is 2.16. The van der Waals surface area contributed by atoms with Crippen molar-refractivity contribution >= 4 is 33.5 Å². The topological polar surface area (TPSA) is 74.5 Å². The van der Waals surface area contributed by atoms with Gasteiger partial charge in [0.2, 0.25) is 5.89 Å². The first-order valence-corrected chi connectivity index (χ1v) is 6.74. The number of hydrogen-bond donors (Lipinski definition) is 0. The summed E-state index contributed by atoms with van der Waals surface area (Å²) in [6, 6.07) is 4.98. The molecule has 20 heavy (non-hydrogen) atoms. The van der Waals surface area contributed by atoms with Crippen LogP contribution < -0.4 is 4.74 Å². The molecular weight excluding hydrogens is 351 g/mol. The summed E-state index contributed by atoms with van der Waals surface area (Å²) >= 11 is 9.08. The Bertz CT molecular complexity index is 617. The van der Waals surface area contributed by atoms with Gasteiger partial charge >= 0.3 is 5.97 Å². The van der Waals surface area contributed by atoms with Gasteiger partial charge in [0.25, 0.3) is 5.89 Å². The molecular formula is C12H10BrClN2O4. The van der Waals surface area contributed by atoms with Gasteiger partial charge in [-0.3, -0.25) is 0 Å². The minimum absolute atomic E-state index is 0.0786. The molecule has 106 valence electrons. The third-order valence-corrected chi connectivity index (χ3v) is 3.02. The number of rotatable bonds is 5. The van der Waals surface area contributed by atoms with Gasteiger partial charge in [0.15, 0.2) is 13.2 Å².